The van der Waals surface area contributed by atoms with E-state index in [1.165, 1.54) is 24.9 Å². The van der Waals surface area contributed by atoms with Crippen LogP contribution in [0, 0.1) is 5.82 Å². The second-order valence-electron chi connectivity index (χ2n) is 3.17. The van der Waals surface area contributed by atoms with Crippen molar-refractivity contribution in [3.8, 4) is 5.75 Å². The Morgan fingerprint density at radius 3 is 2.82 bits per heavy atom. The fourth-order valence-electron chi connectivity index (χ4n) is 1.25. The van der Waals surface area contributed by atoms with Gasteiger partial charge in [0.25, 0.3) is 0 Å². The Bertz CT molecular complexity index is 522. The summed E-state index contributed by atoms with van der Waals surface area (Å²) in [4.78, 5) is 8.73. The summed E-state index contributed by atoms with van der Waals surface area (Å²) >= 11 is 1.31. The quantitative estimate of drug-likeness (QED) is 0.848. The second-order valence-corrected chi connectivity index (χ2v) is 4.23. The monoisotopic (exact) mass is 251 g/mol. The summed E-state index contributed by atoms with van der Waals surface area (Å²) in [7, 11) is 1.41. The van der Waals surface area contributed by atoms with Gasteiger partial charge in [0.2, 0.25) is 0 Å². The largest absolute Gasteiger partial charge is 0.494 e. The predicted octanol–water partition coefficient (Wildman–Crippen LogP) is 2.36. The first-order valence-corrected chi connectivity index (χ1v) is 5.59. The summed E-state index contributed by atoms with van der Waals surface area (Å²) in [5.41, 5.74) is 6.07. The van der Waals surface area contributed by atoms with Crippen LogP contribution in [0.5, 0.6) is 5.75 Å². The first-order valence-electron chi connectivity index (χ1n) is 4.77. The zero-order valence-electron chi connectivity index (χ0n) is 9.05. The summed E-state index contributed by atoms with van der Waals surface area (Å²) in [5.74, 6) is -0.320. The maximum absolute atomic E-state index is 13.3. The van der Waals surface area contributed by atoms with Gasteiger partial charge in [0.05, 0.1) is 13.3 Å². The van der Waals surface area contributed by atoms with Gasteiger partial charge in [-0.15, -0.1) is 0 Å². The topological polar surface area (TPSA) is 61.0 Å². The average Bonchev–Trinajstić information content (AvgIpc) is 2.34. The van der Waals surface area contributed by atoms with Crippen molar-refractivity contribution in [2.24, 2.45) is 0 Å². The van der Waals surface area contributed by atoms with Crippen LogP contribution in [-0.4, -0.2) is 17.1 Å². The van der Waals surface area contributed by atoms with E-state index in [-0.39, 0.29) is 5.75 Å². The number of hydrogen-bond donors (Lipinski definition) is 1. The molecule has 4 nitrogen and oxygen atoms in total. The molecule has 0 unspecified atom stereocenters. The lowest BCUT2D eigenvalue weighted by molar-refractivity contribution is 0.385. The zero-order chi connectivity index (χ0) is 12.3. The molecule has 1 heterocycles. The molecule has 1 aromatic carbocycles. The summed E-state index contributed by atoms with van der Waals surface area (Å²) in [6, 6.07) is 2.78. The fourth-order valence-corrected chi connectivity index (χ4v) is 2.04. The number of nitrogens with two attached hydrogens (primary N) is 1. The van der Waals surface area contributed by atoms with E-state index in [0.29, 0.717) is 15.6 Å². The van der Waals surface area contributed by atoms with E-state index in [2.05, 4.69) is 9.97 Å². The van der Waals surface area contributed by atoms with Gasteiger partial charge in [0.15, 0.2) is 11.6 Å². The minimum atomic E-state index is -0.478. The summed E-state index contributed by atoms with van der Waals surface area (Å²) in [6.07, 6.45) is 4.78. The normalized spacial score (nSPS) is 10.2. The summed E-state index contributed by atoms with van der Waals surface area (Å²) in [5, 5.41) is 0.688. The molecule has 0 aliphatic heterocycles. The predicted molar refractivity (Wildman–Crippen MR) is 63.5 cm³/mol. The maximum Gasteiger partial charge on any atom is 0.167 e. The number of rotatable bonds is 3. The van der Waals surface area contributed by atoms with Crippen LogP contribution in [0.15, 0.2) is 40.6 Å². The fraction of sp³-hybridized carbons (Fsp3) is 0.0909. The lowest BCUT2D eigenvalue weighted by Crippen LogP contribution is -1.94. The van der Waals surface area contributed by atoms with Crippen molar-refractivity contribution < 1.29 is 9.13 Å². The highest BCUT2D eigenvalue weighted by atomic mass is 32.2. The van der Waals surface area contributed by atoms with Crippen LogP contribution in [-0.2, 0) is 0 Å². The Labute approximate surface area is 102 Å². The summed E-state index contributed by atoms with van der Waals surface area (Å²) in [6.45, 7) is 0. The van der Waals surface area contributed by atoms with Crippen LogP contribution in [0.4, 0.5) is 10.1 Å². The Kier molecular flexibility index (Phi) is 3.43. The Morgan fingerprint density at radius 1 is 1.35 bits per heavy atom. The van der Waals surface area contributed by atoms with Crippen molar-refractivity contribution >= 4 is 17.4 Å². The maximum atomic E-state index is 13.3. The molecule has 0 atom stereocenters. The van der Waals surface area contributed by atoms with Crippen molar-refractivity contribution in [2.75, 3.05) is 12.8 Å². The molecule has 2 N–H and O–H groups in total. The van der Waals surface area contributed by atoms with E-state index in [9.17, 15) is 4.39 Å². The number of aromatic nitrogens is 2. The number of hydrogen-bond acceptors (Lipinski definition) is 5. The van der Waals surface area contributed by atoms with Gasteiger partial charge in [0.1, 0.15) is 5.03 Å². The Hall–Kier alpha value is -1.82. The van der Waals surface area contributed by atoms with Crippen molar-refractivity contribution in [1.82, 2.24) is 9.97 Å². The van der Waals surface area contributed by atoms with E-state index >= 15 is 0 Å². The van der Waals surface area contributed by atoms with Crippen molar-refractivity contribution in [2.45, 2.75) is 9.92 Å². The molecule has 1 aromatic heterocycles. The molecule has 88 valence electrons. The molecule has 6 heteroatoms. The highest BCUT2D eigenvalue weighted by Crippen LogP contribution is 2.34. The molecular formula is C11H10FN3OS. The molecule has 0 aliphatic rings. The van der Waals surface area contributed by atoms with E-state index in [4.69, 9.17) is 10.5 Å². The number of methoxy groups -OCH3 is 1. The Balaban J connectivity index is 2.33. The first-order chi connectivity index (χ1) is 8.20. The highest BCUT2D eigenvalue weighted by molar-refractivity contribution is 7.99. The van der Waals surface area contributed by atoms with Crippen LogP contribution < -0.4 is 10.5 Å². The van der Waals surface area contributed by atoms with Gasteiger partial charge in [0, 0.05) is 29.0 Å². The third-order valence-electron chi connectivity index (χ3n) is 2.04. The lowest BCUT2D eigenvalue weighted by Gasteiger charge is -2.08. The summed E-state index contributed by atoms with van der Waals surface area (Å²) < 4.78 is 18.2. The van der Waals surface area contributed by atoms with Gasteiger partial charge in [-0.3, -0.25) is 4.98 Å². The Morgan fingerprint density at radius 2 is 2.18 bits per heavy atom. The molecule has 17 heavy (non-hydrogen) atoms. The van der Waals surface area contributed by atoms with E-state index < -0.39 is 5.82 Å². The molecule has 2 aromatic rings. The van der Waals surface area contributed by atoms with Crippen molar-refractivity contribution in [3.63, 3.8) is 0 Å². The molecule has 0 spiro atoms. The number of anilines is 1. The third-order valence-corrected chi connectivity index (χ3v) is 3.03. The first kappa shape index (κ1) is 11.7. The number of nitrogens with zero attached hydrogens (tertiary/aromatic N) is 2. The van der Waals surface area contributed by atoms with Crippen LogP contribution in [0.2, 0.25) is 0 Å². The number of halogens is 1. The number of ether oxygens (including phenoxy) is 1. The smallest absolute Gasteiger partial charge is 0.167 e. The van der Waals surface area contributed by atoms with E-state index in [1.807, 2.05) is 0 Å². The standard InChI is InChI=1S/C11H10FN3OS/c1-16-9-5-10(8(13)4-7(9)12)17-11-6-14-2-3-15-11/h2-6H,13H2,1H3. The van der Waals surface area contributed by atoms with Crippen LogP contribution in [0.25, 0.3) is 0 Å². The van der Waals surface area contributed by atoms with Crippen molar-refractivity contribution in [1.29, 1.82) is 0 Å². The minimum Gasteiger partial charge on any atom is -0.494 e. The van der Waals surface area contributed by atoms with Crippen LogP contribution in [0.3, 0.4) is 0 Å². The lowest BCUT2D eigenvalue weighted by atomic mass is 10.3. The van der Waals surface area contributed by atoms with Gasteiger partial charge in [-0.25, -0.2) is 9.37 Å². The second kappa shape index (κ2) is 5.01. The minimum absolute atomic E-state index is 0.158. The van der Waals surface area contributed by atoms with Gasteiger partial charge in [-0.05, 0) is 6.07 Å². The third kappa shape index (κ3) is 2.65. The molecule has 0 saturated heterocycles. The molecule has 2 rings (SSSR count). The van der Waals surface area contributed by atoms with E-state index in [1.54, 1.807) is 24.7 Å². The molecule has 0 amide bonds. The van der Waals surface area contributed by atoms with Crippen LogP contribution in [0.1, 0.15) is 0 Å². The van der Waals surface area contributed by atoms with Crippen molar-refractivity contribution in [3.05, 3.63) is 36.5 Å². The van der Waals surface area contributed by atoms with Gasteiger partial charge >= 0.3 is 0 Å². The molecule has 0 radical (unpaired) electrons. The SMILES string of the molecule is COc1cc(Sc2cnccn2)c(N)cc1F. The van der Waals surface area contributed by atoms with Gasteiger partial charge < -0.3 is 10.5 Å². The van der Waals surface area contributed by atoms with Gasteiger partial charge in [-0.2, -0.15) is 0 Å². The van der Waals surface area contributed by atoms with Gasteiger partial charge in [-0.1, -0.05) is 11.8 Å². The zero-order valence-corrected chi connectivity index (χ0v) is 9.87. The molecular weight excluding hydrogens is 241 g/mol. The van der Waals surface area contributed by atoms with Crippen LogP contribution >= 0.6 is 11.8 Å². The number of benzene rings is 1. The van der Waals surface area contributed by atoms with E-state index in [0.717, 1.165) is 0 Å². The molecule has 0 fully saturated rings. The average molecular weight is 251 g/mol. The molecule has 0 bridgehead atoms. The number of nitrogen functional groups attached to an aromatic ring is 1. The highest BCUT2D eigenvalue weighted by Gasteiger charge is 2.10. The molecule has 0 aliphatic carbocycles. The molecule has 0 saturated carbocycles.